The molecule has 44 heavy (non-hydrogen) atoms. The van der Waals surface area contributed by atoms with Gasteiger partial charge < -0.3 is 29.8 Å². The van der Waals surface area contributed by atoms with Crippen molar-refractivity contribution in [1.82, 2.24) is 24.6 Å². The number of carbonyl (C=O) groups is 4. The Morgan fingerprint density at radius 3 is 2.64 bits per heavy atom. The molecule has 22 heteroatoms. The zero-order valence-electron chi connectivity index (χ0n) is 22.4. The summed E-state index contributed by atoms with van der Waals surface area (Å²) in [5, 5.41) is 20.0. The molecule has 0 bridgehead atoms. The SMILES string of the molecule is CCO/N=C(\C(=O)N[C@@H]1C(=O)N(C(C(=O)[O-])=C(C=O)Sc2nc(-c3cc[n+](C)cc3)cs2)[C@@H]1S)c1nsc(NP(=O)(O)O)n1. The van der Waals surface area contributed by atoms with E-state index in [9.17, 15) is 28.8 Å². The number of rotatable bonds is 13. The van der Waals surface area contributed by atoms with Crippen LogP contribution >= 0.6 is 55.0 Å². The number of nitrogens with zero attached hydrogens (tertiary/aromatic N) is 6. The minimum absolute atomic E-state index is 0.0242. The number of aliphatic carboxylic acids is 1. The lowest BCUT2D eigenvalue weighted by atomic mass is 10.0. The van der Waals surface area contributed by atoms with Crippen molar-refractivity contribution in [2.45, 2.75) is 22.7 Å². The summed E-state index contributed by atoms with van der Waals surface area (Å²) in [7, 11) is -2.86. The molecule has 0 spiro atoms. The van der Waals surface area contributed by atoms with Crippen LogP contribution in [0.25, 0.3) is 11.3 Å². The second-order valence-corrected chi connectivity index (χ2v) is 13.2. The highest BCUT2D eigenvalue weighted by atomic mass is 32.2. The summed E-state index contributed by atoms with van der Waals surface area (Å²) in [6.07, 6.45) is 3.90. The largest absolute Gasteiger partial charge is 0.543 e. The lowest BCUT2D eigenvalue weighted by Crippen LogP contribution is -2.69. The lowest BCUT2D eigenvalue weighted by Gasteiger charge is -2.45. The smallest absolute Gasteiger partial charge is 0.429 e. The molecule has 1 aliphatic heterocycles. The first-order valence-corrected chi connectivity index (χ1v) is 16.6. The van der Waals surface area contributed by atoms with E-state index in [0.717, 1.165) is 28.7 Å². The second-order valence-electron chi connectivity index (χ2n) is 8.48. The lowest BCUT2D eigenvalue weighted by molar-refractivity contribution is -0.671. The third-order valence-electron chi connectivity index (χ3n) is 5.46. The molecule has 1 aliphatic rings. The van der Waals surface area contributed by atoms with Gasteiger partial charge in [0.1, 0.15) is 25.1 Å². The van der Waals surface area contributed by atoms with E-state index in [4.69, 9.17) is 14.6 Å². The number of amides is 2. The average molecular weight is 701 g/mol. The number of oxime groups is 1. The Morgan fingerprint density at radius 2 is 2.05 bits per heavy atom. The predicted molar refractivity (Wildman–Crippen MR) is 158 cm³/mol. The van der Waals surface area contributed by atoms with Crippen LogP contribution in [0.15, 0.2) is 50.0 Å². The molecule has 0 unspecified atom stereocenters. The molecule has 1 fully saturated rings. The number of carboxylic acid groups (broad SMARTS) is 1. The van der Waals surface area contributed by atoms with Crippen LogP contribution in [-0.4, -0.2) is 76.8 Å². The standard InChI is InChI=1S/C22H21N8O9PS4/c1-3-39-26-13(16-25-21(44-28-16)27-40(36,37)38)17(32)24-14-18(33)30(19(14)41)15(20(34)35)12(8-31)43-22-23-11(9-42-22)10-4-6-29(2)7-5-10/h4-9,14,19H,3H2,1-2H3,(H5-,24,25,27,28,32,34,35,36,37,38,41)/b15-12?,26-13-/t14-,19-/m1/s1. The van der Waals surface area contributed by atoms with Crippen LogP contribution in [0.2, 0.25) is 0 Å². The van der Waals surface area contributed by atoms with Gasteiger partial charge in [-0.15, -0.1) is 11.3 Å². The molecule has 2 atom stereocenters. The molecule has 3 aromatic rings. The molecule has 1 saturated heterocycles. The van der Waals surface area contributed by atoms with Gasteiger partial charge in [0.25, 0.3) is 11.8 Å². The van der Waals surface area contributed by atoms with Gasteiger partial charge in [-0.25, -0.2) is 14.1 Å². The predicted octanol–water partition coefficient (Wildman–Crippen LogP) is -0.733. The quantitative estimate of drug-likeness (QED) is 0.0170. The van der Waals surface area contributed by atoms with Gasteiger partial charge in [0, 0.05) is 34.6 Å². The number of hydrogen-bond acceptors (Lipinski definition) is 15. The van der Waals surface area contributed by atoms with Crippen molar-refractivity contribution in [3.8, 4) is 11.3 Å². The van der Waals surface area contributed by atoms with Crippen LogP contribution in [0, 0.1) is 0 Å². The van der Waals surface area contributed by atoms with E-state index in [1.54, 1.807) is 12.3 Å². The van der Waals surface area contributed by atoms with E-state index < -0.39 is 48.4 Å². The first kappa shape index (κ1) is 33.2. The number of allylic oxidation sites excluding steroid dienone is 1. The van der Waals surface area contributed by atoms with Gasteiger partial charge >= 0.3 is 7.75 Å². The van der Waals surface area contributed by atoms with Crippen LogP contribution in [-0.2, 0) is 35.6 Å². The zero-order valence-corrected chi connectivity index (χ0v) is 26.6. The van der Waals surface area contributed by atoms with Crippen LogP contribution in [0.3, 0.4) is 0 Å². The van der Waals surface area contributed by atoms with E-state index in [0.29, 0.717) is 26.5 Å². The van der Waals surface area contributed by atoms with Crippen molar-refractivity contribution >= 4 is 89.9 Å². The number of carbonyl (C=O) groups excluding carboxylic acids is 4. The minimum atomic E-state index is -4.72. The van der Waals surface area contributed by atoms with Gasteiger partial charge in [-0.2, -0.15) is 22.0 Å². The van der Waals surface area contributed by atoms with Crippen LogP contribution in [0.5, 0.6) is 0 Å². The minimum Gasteiger partial charge on any atom is -0.543 e. The average Bonchev–Trinajstić information content (AvgIpc) is 3.62. The number of β-lactam (4-membered cyclic amide) rings is 1. The molecule has 0 aliphatic carbocycles. The summed E-state index contributed by atoms with van der Waals surface area (Å²) < 4.78 is 17.2. The van der Waals surface area contributed by atoms with Crippen molar-refractivity contribution in [3.05, 3.63) is 46.3 Å². The summed E-state index contributed by atoms with van der Waals surface area (Å²) in [4.78, 5) is 81.8. The van der Waals surface area contributed by atoms with E-state index in [-0.39, 0.29) is 28.8 Å². The van der Waals surface area contributed by atoms with Gasteiger partial charge in [0.2, 0.25) is 16.7 Å². The zero-order chi connectivity index (χ0) is 32.2. The third-order valence-corrected chi connectivity index (χ3v) is 9.22. The molecular formula is C22H21N8O9PS4. The number of likely N-dealkylation sites (tertiary alicyclic amines) is 1. The van der Waals surface area contributed by atoms with E-state index >= 15 is 0 Å². The summed E-state index contributed by atoms with van der Waals surface area (Å²) in [5.41, 5.74) is 0.0861. The number of hydrogen-bond donors (Lipinski definition) is 5. The van der Waals surface area contributed by atoms with Crippen molar-refractivity contribution in [1.29, 1.82) is 0 Å². The number of anilines is 1. The molecular weight excluding hydrogens is 680 g/mol. The highest BCUT2D eigenvalue weighted by Crippen LogP contribution is 2.38. The Morgan fingerprint density at radius 1 is 1.34 bits per heavy atom. The van der Waals surface area contributed by atoms with Gasteiger partial charge in [-0.1, -0.05) is 16.9 Å². The number of aryl methyl sites for hydroxylation is 1. The maximum Gasteiger partial charge on any atom is 0.429 e. The summed E-state index contributed by atoms with van der Waals surface area (Å²) in [6.45, 7) is 1.59. The number of aromatic nitrogens is 4. The van der Waals surface area contributed by atoms with Gasteiger partial charge in [0.15, 0.2) is 23.0 Å². The topological polar surface area (TPSA) is 240 Å². The van der Waals surface area contributed by atoms with Gasteiger partial charge in [-0.05, 0) is 6.92 Å². The van der Waals surface area contributed by atoms with Crippen molar-refractivity contribution < 1.29 is 48.0 Å². The maximum absolute atomic E-state index is 13.1. The number of carboxylic acids is 1. The Kier molecular flexibility index (Phi) is 10.5. The van der Waals surface area contributed by atoms with Crippen molar-refractivity contribution in [3.63, 3.8) is 0 Å². The van der Waals surface area contributed by atoms with Gasteiger partial charge in [0.05, 0.1) is 22.3 Å². The van der Waals surface area contributed by atoms with Crippen molar-refractivity contribution in [2.75, 3.05) is 11.7 Å². The van der Waals surface area contributed by atoms with E-state index in [1.807, 2.05) is 41.2 Å². The fraction of sp³-hybridized carbons (Fsp3) is 0.227. The fourth-order valence-corrected chi connectivity index (χ4v) is 7.01. The van der Waals surface area contributed by atoms with E-state index in [2.05, 4.69) is 37.4 Å². The Hall–Kier alpha value is -3.72. The second kappa shape index (κ2) is 13.9. The molecule has 0 radical (unpaired) electrons. The molecule has 4 rings (SSSR count). The van der Waals surface area contributed by atoms with Crippen LogP contribution in [0.1, 0.15) is 12.7 Å². The Balaban J connectivity index is 1.53. The molecule has 3 aromatic heterocycles. The first-order chi connectivity index (χ1) is 20.8. The third kappa shape index (κ3) is 7.67. The molecule has 4 N–H and O–H groups in total. The summed E-state index contributed by atoms with van der Waals surface area (Å²) >= 11 is 6.67. The molecule has 17 nitrogen and oxygen atoms in total. The molecule has 4 heterocycles. The summed E-state index contributed by atoms with van der Waals surface area (Å²) in [5.74, 6) is -4.18. The molecule has 232 valence electrons. The number of thiol groups is 1. The molecule has 0 aromatic carbocycles. The van der Waals surface area contributed by atoms with Crippen molar-refractivity contribution in [2.24, 2.45) is 12.2 Å². The van der Waals surface area contributed by atoms with Crippen LogP contribution < -0.4 is 20.1 Å². The number of pyridine rings is 1. The number of aldehydes is 1. The van der Waals surface area contributed by atoms with Crippen LogP contribution in [0.4, 0.5) is 5.13 Å². The molecule has 2 amide bonds. The van der Waals surface area contributed by atoms with E-state index in [1.165, 1.54) is 0 Å². The highest BCUT2D eigenvalue weighted by Gasteiger charge is 2.49. The fourth-order valence-electron chi connectivity index (χ4n) is 3.51. The molecule has 0 saturated carbocycles. The Bertz CT molecular complexity index is 1700. The normalized spacial score (nSPS) is 17.4. The first-order valence-electron chi connectivity index (χ1n) is 12.0. The highest BCUT2D eigenvalue weighted by molar-refractivity contribution is 8.05. The number of thioether (sulfide) groups is 1. The monoisotopic (exact) mass is 700 g/mol. The Labute approximate surface area is 265 Å². The number of thiazole rings is 1. The summed E-state index contributed by atoms with van der Waals surface area (Å²) in [6, 6.07) is 2.28. The van der Waals surface area contributed by atoms with Gasteiger partial charge in [-0.3, -0.25) is 24.4 Å². The number of nitrogens with one attached hydrogen (secondary N) is 2. The maximum atomic E-state index is 13.1.